The van der Waals surface area contributed by atoms with Crippen LogP contribution in [0.2, 0.25) is 0 Å². The molecule has 1 heterocycles. The van der Waals surface area contributed by atoms with Gasteiger partial charge in [-0.3, -0.25) is 9.69 Å². The first kappa shape index (κ1) is 16.7. The van der Waals surface area contributed by atoms with E-state index in [0.717, 1.165) is 31.5 Å². The normalized spacial score (nSPS) is 19.6. The van der Waals surface area contributed by atoms with Crippen molar-refractivity contribution >= 4 is 5.97 Å². The van der Waals surface area contributed by atoms with Crippen LogP contribution in [0.3, 0.4) is 0 Å². The van der Waals surface area contributed by atoms with Gasteiger partial charge in [-0.15, -0.1) is 0 Å². The zero-order valence-electron chi connectivity index (χ0n) is 14.2. The second-order valence-electron chi connectivity index (χ2n) is 6.43. The lowest BCUT2D eigenvalue weighted by atomic mass is 9.85. The summed E-state index contributed by atoms with van der Waals surface area (Å²) in [4.78, 5) is 15.0. The topological polar surface area (TPSA) is 29.5 Å². The lowest BCUT2D eigenvalue weighted by molar-refractivity contribution is -0.144. The van der Waals surface area contributed by atoms with Crippen molar-refractivity contribution in [3.8, 4) is 0 Å². The van der Waals surface area contributed by atoms with Crippen molar-refractivity contribution < 1.29 is 9.53 Å². The molecule has 1 fully saturated rings. The van der Waals surface area contributed by atoms with Crippen molar-refractivity contribution in [1.82, 2.24) is 4.90 Å². The summed E-state index contributed by atoms with van der Waals surface area (Å²) < 4.78 is 5.15. The van der Waals surface area contributed by atoms with E-state index in [2.05, 4.69) is 29.2 Å². The van der Waals surface area contributed by atoms with E-state index in [1.54, 1.807) is 0 Å². The van der Waals surface area contributed by atoms with Gasteiger partial charge >= 0.3 is 5.97 Å². The predicted octanol–water partition coefficient (Wildman–Crippen LogP) is 4.00. The number of rotatable bonds is 5. The molecular weight excluding hydrogens is 298 g/mol. The molecule has 0 amide bonds. The second kappa shape index (κ2) is 8.11. The van der Waals surface area contributed by atoms with Gasteiger partial charge < -0.3 is 4.74 Å². The number of carbonyl (C=O) groups excluding carboxylic acids is 1. The number of hydrogen-bond donors (Lipinski definition) is 0. The summed E-state index contributed by atoms with van der Waals surface area (Å²) in [5, 5.41) is 0. The number of benzene rings is 2. The zero-order valence-corrected chi connectivity index (χ0v) is 14.2. The van der Waals surface area contributed by atoms with Crippen LogP contribution in [-0.4, -0.2) is 30.6 Å². The summed E-state index contributed by atoms with van der Waals surface area (Å²) in [5.41, 5.74) is 2.34. The van der Waals surface area contributed by atoms with E-state index in [9.17, 15) is 4.79 Å². The Balaban J connectivity index is 1.87. The molecule has 126 valence electrons. The average Bonchev–Trinajstić information content (AvgIpc) is 2.65. The Hall–Kier alpha value is -2.13. The molecule has 0 spiro atoms. The monoisotopic (exact) mass is 323 g/mol. The number of ether oxygens (including phenoxy) is 1. The number of carbonyl (C=O) groups is 1. The molecule has 24 heavy (non-hydrogen) atoms. The largest absolute Gasteiger partial charge is 0.469 e. The fraction of sp³-hybridized carbons (Fsp3) is 0.381. The first-order chi connectivity index (χ1) is 11.8. The summed E-state index contributed by atoms with van der Waals surface area (Å²) in [7, 11) is 1.49. The van der Waals surface area contributed by atoms with Gasteiger partial charge in [0.1, 0.15) is 0 Å². The minimum Gasteiger partial charge on any atom is -0.469 e. The molecule has 1 aliphatic rings. The minimum atomic E-state index is -0.222. The van der Waals surface area contributed by atoms with Gasteiger partial charge in [0.2, 0.25) is 0 Å². The first-order valence-corrected chi connectivity index (χ1v) is 8.70. The van der Waals surface area contributed by atoms with Crippen molar-refractivity contribution in [3.05, 3.63) is 71.8 Å². The average molecular weight is 323 g/mol. The highest BCUT2D eigenvalue weighted by Crippen LogP contribution is 2.32. The van der Waals surface area contributed by atoms with Crippen LogP contribution in [0, 0.1) is 0 Å². The third-order valence-corrected chi connectivity index (χ3v) is 4.89. The third-order valence-electron chi connectivity index (χ3n) is 4.89. The molecule has 0 radical (unpaired) electrons. The Morgan fingerprint density at radius 3 is 2.42 bits per heavy atom. The van der Waals surface area contributed by atoms with Crippen LogP contribution in [0.4, 0.5) is 0 Å². The molecular formula is C21H25NO2. The lowest BCUT2D eigenvalue weighted by Crippen LogP contribution is -2.45. The van der Waals surface area contributed by atoms with Gasteiger partial charge in [0.15, 0.2) is 0 Å². The van der Waals surface area contributed by atoms with Crippen LogP contribution in [0.5, 0.6) is 0 Å². The van der Waals surface area contributed by atoms with E-state index in [4.69, 9.17) is 4.74 Å². The molecule has 0 aromatic heterocycles. The zero-order chi connectivity index (χ0) is 16.8. The lowest BCUT2D eigenvalue weighted by Gasteiger charge is -2.39. The van der Waals surface area contributed by atoms with E-state index in [1.165, 1.54) is 19.1 Å². The third kappa shape index (κ3) is 3.85. The number of likely N-dealkylation sites (tertiary alicyclic amines) is 1. The summed E-state index contributed by atoms with van der Waals surface area (Å²) in [5.74, 6) is -0.355. The van der Waals surface area contributed by atoms with Gasteiger partial charge in [-0.05, 0) is 30.5 Å². The molecule has 0 saturated carbocycles. The van der Waals surface area contributed by atoms with Crippen molar-refractivity contribution in [3.63, 3.8) is 0 Å². The minimum absolute atomic E-state index is 0.133. The maximum absolute atomic E-state index is 12.6. The Morgan fingerprint density at radius 2 is 1.75 bits per heavy atom. The fourth-order valence-electron chi connectivity index (χ4n) is 3.71. The number of methoxy groups -OCH3 is 1. The van der Waals surface area contributed by atoms with E-state index >= 15 is 0 Å². The van der Waals surface area contributed by atoms with Crippen molar-refractivity contribution in [1.29, 1.82) is 0 Å². The molecule has 3 heteroatoms. The molecule has 3 rings (SSSR count). The molecule has 2 aromatic carbocycles. The van der Waals surface area contributed by atoms with Gasteiger partial charge in [-0.25, -0.2) is 0 Å². The summed E-state index contributed by atoms with van der Waals surface area (Å²) >= 11 is 0. The Morgan fingerprint density at radius 1 is 1.08 bits per heavy atom. The molecule has 0 N–H and O–H groups in total. The summed E-state index contributed by atoms with van der Waals surface area (Å²) in [6.45, 7) is 1.91. The van der Waals surface area contributed by atoms with Crippen LogP contribution in [0.1, 0.15) is 36.3 Å². The van der Waals surface area contributed by atoms with Gasteiger partial charge in [0, 0.05) is 12.6 Å². The highest BCUT2D eigenvalue weighted by molar-refractivity contribution is 5.79. The van der Waals surface area contributed by atoms with Crippen molar-refractivity contribution in [2.75, 3.05) is 13.7 Å². The highest BCUT2D eigenvalue weighted by Gasteiger charge is 2.36. The number of esters is 1. The van der Waals surface area contributed by atoms with Crippen LogP contribution in [-0.2, 0) is 16.1 Å². The number of piperidine rings is 1. The summed E-state index contributed by atoms with van der Waals surface area (Å²) in [6.07, 6.45) is 3.38. The van der Waals surface area contributed by atoms with E-state index < -0.39 is 0 Å². The van der Waals surface area contributed by atoms with Gasteiger partial charge in [0.05, 0.1) is 13.0 Å². The van der Waals surface area contributed by atoms with Crippen molar-refractivity contribution in [2.45, 2.75) is 37.8 Å². The SMILES string of the molecule is COC(=O)[C@H](c1ccccc1)[C@H]1CCCCN1Cc1ccccc1. The van der Waals surface area contributed by atoms with Crippen LogP contribution < -0.4 is 0 Å². The van der Waals surface area contributed by atoms with Gasteiger partial charge in [-0.2, -0.15) is 0 Å². The highest BCUT2D eigenvalue weighted by atomic mass is 16.5. The molecule has 0 bridgehead atoms. The quantitative estimate of drug-likeness (QED) is 0.779. The molecule has 2 atom stereocenters. The molecule has 0 unspecified atom stereocenters. The van der Waals surface area contributed by atoms with Gasteiger partial charge in [-0.1, -0.05) is 67.1 Å². The van der Waals surface area contributed by atoms with E-state index in [1.807, 2.05) is 36.4 Å². The molecule has 3 nitrogen and oxygen atoms in total. The van der Waals surface area contributed by atoms with Crippen LogP contribution in [0.25, 0.3) is 0 Å². The van der Waals surface area contributed by atoms with Crippen LogP contribution >= 0.6 is 0 Å². The molecule has 1 saturated heterocycles. The summed E-state index contributed by atoms with van der Waals surface area (Å²) in [6, 6.07) is 20.7. The maximum atomic E-state index is 12.6. The standard InChI is InChI=1S/C21H25NO2/c1-24-21(23)20(18-12-6-3-7-13-18)19-14-8-9-15-22(19)16-17-10-4-2-5-11-17/h2-7,10-13,19-20H,8-9,14-16H2,1H3/t19-,20-/m1/s1. The first-order valence-electron chi connectivity index (χ1n) is 8.70. The molecule has 1 aliphatic heterocycles. The Bertz CT molecular complexity index is 641. The molecule has 2 aromatic rings. The molecule has 0 aliphatic carbocycles. The number of nitrogens with zero attached hydrogens (tertiary/aromatic N) is 1. The predicted molar refractivity (Wildman–Crippen MR) is 95.7 cm³/mol. The second-order valence-corrected chi connectivity index (χ2v) is 6.43. The number of hydrogen-bond acceptors (Lipinski definition) is 3. The van der Waals surface area contributed by atoms with E-state index in [0.29, 0.717) is 0 Å². The Kier molecular flexibility index (Phi) is 5.65. The maximum Gasteiger partial charge on any atom is 0.314 e. The smallest absolute Gasteiger partial charge is 0.314 e. The van der Waals surface area contributed by atoms with Gasteiger partial charge in [0.25, 0.3) is 0 Å². The van der Waals surface area contributed by atoms with Crippen LogP contribution in [0.15, 0.2) is 60.7 Å². The van der Waals surface area contributed by atoms with Crippen molar-refractivity contribution in [2.24, 2.45) is 0 Å². The van der Waals surface area contributed by atoms with E-state index in [-0.39, 0.29) is 17.9 Å². The Labute approximate surface area is 144 Å². The fourth-order valence-corrected chi connectivity index (χ4v) is 3.71.